The lowest BCUT2D eigenvalue weighted by Gasteiger charge is -2.29. The molecule has 0 fully saturated rings. The molecule has 2 aromatic rings. The Morgan fingerprint density at radius 3 is 2.58 bits per heavy atom. The lowest BCUT2D eigenvalue weighted by molar-refractivity contribution is 0.217. The van der Waals surface area contributed by atoms with E-state index in [9.17, 15) is 0 Å². The molecule has 1 atom stereocenters. The molecule has 170 valence electrons. The molecule has 0 aliphatic carbocycles. The van der Waals surface area contributed by atoms with Gasteiger partial charge in [-0.3, -0.25) is 0 Å². The van der Waals surface area contributed by atoms with Gasteiger partial charge in [-0.15, -0.1) is 0 Å². The number of benzene rings is 2. The molecule has 1 N–H and O–H groups in total. The first-order valence-electron chi connectivity index (χ1n) is 11.7. The second-order valence-electron chi connectivity index (χ2n) is 7.99. The molecule has 1 heterocycles. The van der Waals surface area contributed by atoms with Crippen molar-refractivity contribution in [1.82, 2.24) is 10.2 Å². The predicted molar refractivity (Wildman–Crippen MR) is 127 cm³/mol. The molecule has 0 spiro atoms. The summed E-state index contributed by atoms with van der Waals surface area (Å²) < 4.78 is 17.8. The van der Waals surface area contributed by atoms with Crippen molar-refractivity contribution in [2.45, 2.75) is 46.1 Å². The van der Waals surface area contributed by atoms with E-state index in [-0.39, 0.29) is 6.04 Å². The van der Waals surface area contributed by atoms with Gasteiger partial charge >= 0.3 is 0 Å². The minimum absolute atomic E-state index is 0.120. The topological polar surface area (TPSA) is 43.0 Å². The van der Waals surface area contributed by atoms with E-state index in [1.807, 2.05) is 6.07 Å². The Balaban J connectivity index is 1.82. The Morgan fingerprint density at radius 2 is 1.84 bits per heavy atom. The quantitative estimate of drug-likeness (QED) is 0.493. The SMILES string of the molecule is CCCCOc1cccc(C2NCCc3cc(OC)c(OCCN(CC)CC)cc32)c1. The number of likely N-dealkylation sites (N-methyl/N-ethyl adjacent to an activating group) is 1. The monoisotopic (exact) mass is 426 g/mol. The highest BCUT2D eigenvalue weighted by Crippen LogP contribution is 2.38. The van der Waals surface area contributed by atoms with Gasteiger partial charge in [0.1, 0.15) is 12.4 Å². The lowest BCUT2D eigenvalue weighted by atomic mass is 9.89. The molecule has 1 aliphatic rings. The largest absolute Gasteiger partial charge is 0.494 e. The Morgan fingerprint density at radius 1 is 1.00 bits per heavy atom. The zero-order valence-electron chi connectivity index (χ0n) is 19.6. The average Bonchev–Trinajstić information content (AvgIpc) is 2.81. The van der Waals surface area contributed by atoms with Crippen molar-refractivity contribution < 1.29 is 14.2 Å². The number of methoxy groups -OCH3 is 1. The minimum atomic E-state index is 0.120. The van der Waals surface area contributed by atoms with Gasteiger partial charge in [-0.2, -0.15) is 0 Å². The second kappa shape index (κ2) is 12.0. The van der Waals surface area contributed by atoms with E-state index >= 15 is 0 Å². The molecule has 2 aromatic carbocycles. The first-order chi connectivity index (χ1) is 15.2. The molecule has 5 nitrogen and oxygen atoms in total. The van der Waals surface area contributed by atoms with Crippen LogP contribution in [0.15, 0.2) is 36.4 Å². The Bertz CT molecular complexity index is 820. The van der Waals surface area contributed by atoms with Gasteiger partial charge in [0.2, 0.25) is 0 Å². The van der Waals surface area contributed by atoms with E-state index in [1.54, 1.807) is 7.11 Å². The van der Waals surface area contributed by atoms with Crippen LogP contribution in [0, 0.1) is 0 Å². The van der Waals surface area contributed by atoms with Gasteiger partial charge < -0.3 is 24.4 Å². The number of unbranched alkanes of at least 4 members (excludes halogenated alkanes) is 1. The van der Waals surface area contributed by atoms with Crippen LogP contribution in [0.5, 0.6) is 17.2 Å². The fraction of sp³-hybridized carbons (Fsp3) is 0.538. The number of hydrogen-bond acceptors (Lipinski definition) is 5. The highest BCUT2D eigenvalue weighted by atomic mass is 16.5. The number of nitrogens with zero attached hydrogens (tertiary/aromatic N) is 1. The number of rotatable bonds is 12. The predicted octanol–water partition coefficient (Wildman–Crippen LogP) is 4.83. The molecule has 0 amide bonds. The molecule has 0 saturated heterocycles. The normalized spacial score (nSPS) is 15.6. The van der Waals surface area contributed by atoms with E-state index in [0.717, 1.165) is 69.3 Å². The summed E-state index contributed by atoms with van der Waals surface area (Å²) in [4.78, 5) is 2.36. The van der Waals surface area contributed by atoms with Gasteiger partial charge in [0.25, 0.3) is 0 Å². The van der Waals surface area contributed by atoms with Gasteiger partial charge in [-0.1, -0.05) is 39.3 Å². The summed E-state index contributed by atoms with van der Waals surface area (Å²) in [6, 6.07) is 12.9. The Kier molecular flexibility index (Phi) is 9.04. The van der Waals surface area contributed by atoms with Crippen LogP contribution < -0.4 is 19.5 Å². The van der Waals surface area contributed by atoms with Crippen LogP contribution in [0.25, 0.3) is 0 Å². The van der Waals surface area contributed by atoms with Crippen molar-refractivity contribution in [2.75, 3.05) is 46.5 Å². The van der Waals surface area contributed by atoms with E-state index < -0.39 is 0 Å². The summed E-state index contributed by atoms with van der Waals surface area (Å²) >= 11 is 0. The van der Waals surface area contributed by atoms with E-state index in [1.165, 1.54) is 16.7 Å². The summed E-state index contributed by atoms with van der Waals surface area (Å²) in [7, 11) is 1.72. The van der Waals surface area contributed by atoms with Crippen LogP contribution in [0.3, 0.4) is 0 Å². The number of fused-ring (bicyclic) bond motifs is 1. The van der Waals surface area contributed by atoms with E-state index in [2.05, 4.69) is 61.3 Å². The molecule has 5 heteroatoms. The van der Waals surface area contributed by atoms with Gasteiger partial charge in [-0.05, 0) is 66.9 Å². The molecule has 0 bridgehead atoms. The van der Waals surface area contributed by atoms with Gasteiger partial charge in [-0.25, -0.2) is 0 Å². The minimum Gasteiger partial charge on any atom is -0.494 e. The summed E-state index contributed by atoms with van der Waals surface area (Å²) in [5, 5.41) is 3.68. The lowest BCUT2D eigenvalue weighted by Crippen LogP contribution is -2.31. The fourth-order valence-electron chi connectivity index (χ4n) is 4.08. The second-order valence-corrected chi connectivity index (χ2v) is 7.99. The van der Waals surface area contributed by atoms with Crippen molar-refractivity contribution in [1.29, 1.82) is 0 Å². The van der Waals surface area contributed by atoms with Gasteiger partial charge in [0.15, 0.2) is 11.5 Å². The number of ether oxygens (including phenoxy) is 3. The maximum absolute atomic E-state index is 6.18. The fourth-order valence-corrected chi connectivity index (χ4v) is 4.08. The van der Waals surface area contributed by atoms with Gasteiger partial charge in [0.05, 0.1) is 19.8 Å². The van der Waals surface area contributed by atoms with Crippen molar-refractivity contribution in [3.63, 3.8) is 0 Å². The highest BCUT2D eigenvalue weighted by molar-refractivity contribution is 5.52. The van der Waals surface area contributed by atoms with Crippen molar-refractivity contribution in [3.05, 3.63) is 53.1 Å². The van der Waals surface area contributed by atoms with Crippen LogP contribution in [-0.4, -0.2) is 51.4 Å². The van der Waals surface area contributed by atoms with Crippen molar-refractivity contribution in [3.8, 4) is 17.2 Å². The standard InChI is InChI=1S/C26H38N2O3/c1-5-8-15-30-22-11-9-10-21(17-22)26-23-19-25(31-16-14-28(6-2)7-3)24(29-4)18-20(23)12-13-27-26/h9-11,17-19,26-27H,5-8,12-16H2,1-4H3. The smallest absolute Gasteiger partial charge is 0.161 e. The van der Waals surface area contributed by atoms with Crippen molar-refractivity contribution >= 4 is 0 Å². The molecule has 1 unspecified atom stereocenters. The molecular weight excluding hydrogens is 388 g/mol. The first-order valence-corrected chi connectivity index (χ1v) is 11.7. The maximum Gasteiger partial charge on any atom is 0.161 e. The third-order valence-corrected chi connectivity index (χ3v) is 6.00. The summed E-state index contributed by atoms with van der Waals surface area (Å²) in [6.07, 6.45) is 3.19. The Hall–Kier alpha value is -2.24. The Labute approximate surface area is 187 Å². The van der Waals surface area contributed by atoms with Crippen LogP contribution in [0.1, 0.15) is 56.3 Å². The molecule has 0 aromatic heterocycles. The average molecular weight is 427 g/mol. The third kappa shape index (κ3) is 6.14. The summed E-state index contributed by atoms with van der Waals surface area (Å²) in [5.41, 5.74) is 3.79. The molecule has 3 rings (SSSR count). The molecular formula is C26H38N2O3. The maximum atomic E-state index is 6.18. The number of nitrogens with one attached hydrogen (secondary N) is 1. The molecule has 31 heavy (non-hydrogen) atoms. The van der Waals surface area contributed by atoms with E-state index in [0.29, 0.717) is 6.61 Å². The molecule has 1 aliphatic heterocycles. The summed E-state index contributed by atoms with van der Waals surface area (Å²) in [6.45, 7) is 11.9. The van der Waals surface area contributed by atoms with Crippen LogP contribution in [0.2, 0.25) is 0 Å². The zero-order chi connectivity index (χ0) is 22.1. The number of hydrogen-bond donors (Lipinski definition) is 1. The highest BCUT2D eigenvalue weighted by Gasteiger charge is 2.24. The van der Waals surface area contributed by atoms with Crippen LogP contribution in [-0.2, 0) is 6.42 Å². The molecule has 0 saturated carbocycles. The summed E-state index contributed by atoms with van der Waals surface area (Å²) in [5.74, 6) is 2.57. The van der Waals surface area contributed by atoms with Gasteiger partial charge in [0, 0.05) is 13.1 Å². The molecule has 0 radical (unpaired) electrons. The van der Waals surface area contributed by atoms with E-state index in [4.69, 9.17) is 14.2 Å². The first kappa shape index (κ1) is 23.4. The van der Waals surface area contributed by atoms with Crippen LogP contribution >= 0.6 is 0 Å². The van der Waals surface area contributed by atoms with Crippen LogP contribution in [0.4, 0.5) is 0 Å². The zero-order valence-corrected chi connectivity index (χ0v) is 19.6. The van der Waals surface area contributed by atoms with Crippen molar-refractivity contribution in [2.24, 2.45) is 0 Å². The third-order valence-electron chi connectivity index (χ3n) is 6.00.